The maximum Gasteiger partial charge on any atom is 0.276 e. The van der Waals surface area contributed by atoms with Crippen molar-refractivity contribution in [2.75, 3.05) is 19.8 Å². The first-order chi connectivity index (χ1) is 12.9. The molecule has 3 aromatic rings. The topological polar surface area (TPSA) is 99.2 Å². The van der Waals surface area contributed by atoms with Crippen LogP contribution in [0.4, 0.5) is 0 Å². The lowest BCUT2D eigenvalue weighted by Crippen LogP contribution is -2.43. The van der Waals surface area contributed by atoms with Crippen molar-refractivity contribution in [1.82, 2.24) is 30.0 Å². The molecule has 0 radical (unpaired) electrons. The van der Waals surface area contributed by atoms with Gasteiger partial charge in [0.1, 0.15) is 6.04 Å². The Morgan fingerprint density at radius 2 is 2.22 bits per heavy atom. The number of nitrogens with zero attached hydrogens (tertiary/aromatic N) is 6. The lowest BCUT2D eigenvalue weighted by Gasteiger charge is -2.32. The van der Waals surface area contributed by atoms with Crippen LogP contribution in [-0.4, -0.2) is 55.7 Å². The van der Waals surface area contributed by atoms with Crippen LogP contribution < -0.4 is 0 Å². The fourth-order valence-electron chi connectivity index (χ4n) is 2.76. The SMILES string of the molecule is CC(C)(C)n1cc(C(=O)N2CCOCC2c2nc(-c3cccs3)no2)nn1. The molecule has 1 amide bonds. The molecule has 3 aromatic heterocycles. The highest BCUT2D eigenvalue weighted by Gasteiger charge is 2.35. The minimum Gasteiger partial charge on any atom is -0.377 e. The van der Waals surface area contributed by atoms with Crippen LogP contribution in [0.1, 0.15) is 43.2 Å². The van der Waals surface area contributed by atoms with E-state index in [1.807, 2.05) is 38.3 Å². The molecule has 10 heteroatoms. The van der Waals surface area contributed by atoms with Crippen molar-refractivity contribution in [1.29, 1.82) is 0 Å². The summed E-state index contributed by atoms with van der Waals surface area (Å²) in [5.74, 6) is 0.640. The smallest absolute Gasteiger partial charge is 0.276 e. The van der Waals surface area contributed by atoms with Crippen molar-refractivity contribution in [3.05, 3.63) is 35.3 Å². The number of hydrogen-bond acceptors (Lipinski definition) is 8. The second-order valence-electron chi connectivity index (χ2n) is 7.24. The zero-order valence-electron chi connectivity index (χ0n) is 15.3. The second kappa shape index (κ2) is 6.86. The maximum atomic E-state index is 13.0. The zero-order valence-corrected chi connectivity index (χ0v) is 16.1. The maximum absolute atomic E-state index is 13.0. The molecule has 4 heterocycles. The summed E-state index contributed by atoms with van der Waals surface area (Å²) in [5, 5.41) is 14.1. The molecular formula is C17H20N6O3S. The highest BCUT2D eigenvalue weighted by atomic mass is 32.1. The third-order valence-electron chi connectivity index (χ3n) is 4.26. The number of amides is 1. The van der Waals surface area contributed by atoms with E-state index in [0.29, 0.717) is 31.5 Å². The molecule has 1 saturated heterocycles. The molecule has 0 aromatic carbocycles. The van der Waals surface area contributed by atoms with E-state index < -0.39 is 6.04 Å². The van der Waals surface area contributed by atoms with Crippen molar-refractivity contribution in [2.45, 2.75) is 32.4 Å². The first kappa shape index (κ1) is 17.8. The third-order valence-corrected chi connectivity index (χ3v) is 5.12. The molecule has 0 aliphatic carbocycles. The normalized spacial score (nSPS) is 18.0. The number of hydrogen-bond donors (Lipinski definition) is 0. The number of rotatable bonds is 3. The van der Waals surface area contributed by atoms with Gasteiger partial charge in [0.05, 0.1) is 29.8 Å². The summed E-state index contributed by atoms with van der Waals surface area (Å²) in [4.78, 5) is 20.1. The highest BCUT2D eigenvalue weighted by Crippen LogP contribution is 2.28. The lowest BCUT2D eigenvalue weighted by molar-refractivity contribution is -0.0122. The van der Waals surface area contributed by atoms with Crippen molar-refractivity contribution in [2.24, 2.45) is 0 Å². The van der Waals surface area contributed by atoms with Crippen LogP contribution in [0.5, 0.6) is 0 Å². The van der Waals surface area contributed by atoms with Gasteiger partial charge in [-0.25, -0.2) is 4.68 Å². The van der Waals surface area contributed by atoms with Gasteiger partial charge in [-0.3, -0.25) is 4.79 Å². The van der Waals surface area contributed by atoms with Crippen LogP contribution in [0.15, 0.2) is 28.2 Å². The molecule has 0 spiro atoms. The minimum absolute atomic E-state index is 0.227. The monoisotopic (exact) mass is 388 g/mol. The number of carbonyl (C=O) groups excluding carboxylic acids is 1. The molecular weight excluding hydrogens is 368 g/mol. The van der Waals surface area contributed by atoms with Crippen LogP contribution >= 0.6 is 11.3 Å². The van der Waals surface area contributed by atoms with E-state index in [1.165, 1.54) is 11.3 Å². The summed E-state index contributed by atoms with van der Waals surface area (Å²) in [7, 11) is 0. The standard InChI is InChI=1S/C17H20N6O3S/c1-17(2,3)23-9-11(19-21-23)16(24)22-6-7-25-10-12(22)15-18-14(20-26-15)13-5-4-8-27-13/h4-5,8-9,12H,6-7,10H2,1-3H3. The van der Waals surface area contributed by atoms with E-state index in [4.69, 9.17) is 9.26 Å². The van der Waals surface area contributed by atoms with Crippen LogP contribution in [0.3, 0.4) is 0 Å². The molecule has 0 bridgehead atoms. The fourth-order valence-corrected chi connectivity index (χ4v) is 3.41. The van der Waals surface area contributed by atoms with Gasteiger partial charge in [-0.2, -0.15) is 4.98 Å². The molecule has 9 nitrogen and oxygen atoms in total. The molecule has 1 unspecified atom stereocenters. The van der Waals surface area contributed by atoms with Gasteiger partial charge in [-0.05, 0) is 32.2 Å². The van der Waals surface area contributed by atoms with Crippen molar-refractivity contribution < 1.29 is 14.1 Å². The molecule has 1 fully saturated rings. The number of aromatic nitrogens is 5. The number of carbonyl (C=O) groups is 1. The molecule has 1 atom stereocenters. The summed E-state index contributed by atoms with van der Waals surface area (Å²) in [6.45, 7) is 7.16. The van der Waals surface area contributed by atoms with Crippen LogP contribution in [0.2, 0.25) is 0 Å². The Balaban J connectivity index is 1.59. The van der Waals surface area contributed by atoms with Gasteiger partial charge in [0.25, 0.3) is 11.8 Å². The summed E-state index contributed by atoms with van der Waals surface area (Å²) in [6.07, 6.45) is 1.67. The van der Waals surface area contributed by atoms with E-state index in [9.17, 15) is 4.79 Å². The van der Waals surface area contributed by atoms with Gasteiger partial charge in [-0.1, -0.05) is 16.4 Å². The molecule has 4 rings (SSSR count). The van der Waals surface area contributed by atoms with Gasteiger partial charge in [0.2, 0.25) is 5.82 Å². The highest BCUT2D eigenvalue weighted by molar-refractivity contribution is 7.13. The summed E-state index contributed by atoms with van der Waals surface area (Å²) in [6, 6.07) is 3.39. The molecule has 27 heavy (non-hydrogen) atoms. The Labute approximate surface area is 159 Å². The predicted octanol–water partition coefficient (Wildman–Crippen LogP) is 2.36. The Hall–Kier alpha value is -2.59. The van der Waals surface area contributed by atoms with E-state index in [-0.39, 0.29) is 17.1 Å². The van der Waals surface area contributed by atoms with Crippen LogP contribution in [-0.2, 0) is 10.3 Å². The van der Waals surface area contributed by atoms with Crippen molar-refractivity contribution in [3.63, 3.8) is 0 Å². The molecule has 0 saturated carbocycles. The largest absolute Gasteiger partial charge is 0.377 e. The summed E-state index contributed by atoms with van der Waals surface area (Å²) < 4.78 is 12.7. The van der Waals surface area contributed by atoms with Crippen LogP contribution in [0, 0.1) is 0 Å². The van der Waals surface area contributed by atoms with Gasteiger partial charge in [0, 0.05) is 6.54 Å². The predicted molar refractivity (Wildman–Crippen MR) is 97.2 cm³/mol. The Morgan fingerprint density at radius 3 is 2.93 bits per heavy atom. The lowest BCUT2D eigenvalue weighted by atomic mass is 10.1. The Morgan fingerprint density at radius 1 is 1.37 bits per heavy atom. The summed E-state index contributed by atoms with van der Waals surface area (Å²) >= 11 is 1.53. The van der Waals surface area contributed by atoms with Crippen molar-refractivity contribution >= 4 is 17.2 Å². The van der Waals surface area contributed by atoms with E-state index >= 15 is 0 Å². The third kappa shape index (κ3) is 3.50. The van der Waals surface area contributed by atoms with Gasteiger partial charge < -0.3 is 14.2 Å². The van der Waals surface area contributed by atoms with E-state index in [0.717, 1.165) is 4.88 Å². The zero-order chi connectivity index (χ0) is 19.0. The molecule has 1 aliphatic heterocycles. The van der Waals surface area contributed by atoms with Crippen molar-refractivity contribution in [3.8, 4) is 10.7 Å². The first-order valence-electron chi connectivity index (χ1n) is 8.62. The number of morpholine rings is 1. The summed E-state index contributed by atoms with van der Waals surface area (Å²) in [5.41, 5.74) is 0.0349. The van der Waals surface area contributed by atoms with Gasteiger partial charge in [-0.15, -0.1) is 16.4 Å². The van der Waals surface area contributed by atoms with Gasteiger partial charge in [0.15, 0.2) is 5.69 Å². The van der Waals surface area contributed by atoms with E-state index in [1.54, 1.807) is 15.8 Å². The number of ether oxygens (including phenoxy) is 1. The molecule has 142 valence electrons. The Bertz CT molecular complexity index is 927. The van der Waals surface area contributed by atoms with Crippen LogP contribution in [0.25, 0.3) is 10.7 Å². The first-order valence-corrected chi connectivity index (χ1v) is 9.50. The molecule has 0 N–H and O–H groups in total. The second-order valence-corrected chi connectivity index (χ2v) is 8.19. The Kier molecular flexibility index (Phi) is 4.52. The van der Waals surface area contributed by atoms with Gasteiger partial charge >= 0.3 is 0 Å². The number of thiophene rings is 1. The average molecular weight is 388 g/mol. The average Bonchev–Trinajstić information content (AvgIpc) is 3.41. The fraction of sp³-hybridized carbons (Fsp3) is 0.471. The quantitative estimate of drug-likeness (QED) is 0.679. The minimum atomic E-state index is -0.452. The molecule has 1 aliphatic rings. The van der Waals surface area contributed by atoms with E-state index in [2.05, 4.69) is 20.5 Å².